The second kappa shape index (κ2) is 8.27. The molecule has 1 aliphatic carbocycles. The molecule has 25 heavy (non-hydrogen) atoms. The highest BCUT2D eigenvalue weighted by molar-refractivity contribution is 14.0. The second-order valence-electron chi connectivity index (χ2n) is 8.01. The summed E-state index contributed by atoms with van der Waals surface area (Å²) in [6, 6.07) is 0.366. The first kappa shape index (κ1) is 21.2. The van der Waals surface area contributed by atoms with Crippen LogP contribution >= 0.6 is 24.0 Å². The quantitative estimate of drug-likeness (QED) is 0.392. The van der Waals surface area contributed by atoms with E-state index in [4.69, 9.17) is 14.2 Å². The summed E-state index contributed by atoms with van der Waals surface area (Å²) in [4.78, 5) is 6.84. The van der Waals surface area contributed by atoms with Gasteiger partial charge in [-0.2, -0.15) is 0 Å². The Morgan fingerprint density at radius 1 is 1.20 bits per heavy atom. The van der Waals surface area contributed by atoms with Gasteiger partial charge in [-0.05, 0) is 26.2 Å². The van der Waals surface area contributed by atoms with Gasteiger partial charge in [0.2, 0.25) is 0 Å². The summed E-state index contributed by atoms with van der Waals surface area (Å²) in [5, 5.41) is 3.66. The molecule has 2 heterocycles. The van der Waals surface area contributed by atoms with E-state index in [0.717, 1.165) is 51.5 Å². The van der Waals surface area contributed by atoms with E-state index < -0.39 is 0 Å². The van der Waals surface area contributed by atoms with Gasteiger partial charge < -0.3 is 24.4 Å². The summed E-state index contributed by atoms with van der Waals surface area (Å²) < 4.78 is 17.5. The lowest BCUT2D eigenvalue weighted by atomic mass is 9.56. The number of methoxy groups -OCH3 is 1. The first-order valence-corrected chi connectivity index (χ1v) is 9.18. The van der Waals surface area contributed by atoms with Gasteiger partial charge in [0.05, 0.1) is 18.3 Å². The molecule has 2 saturated heterocycles. The van der Waals surface area contributed by atoms with E-state index in [1.54, 1.807) is 7.11 Å². The molecule has 1 saturated carbocycles. The van der Waals surface area contributed by atoms with Gasteiger partial charge in [-0.15, -0.1) is 24.0 Å². The Bertz CT molecular complexity index is 482. The largest absolute Gasteiger partial charge is 0.378 e. The number of hydrogen-bond acceptors (Lipinski definition) is 4. The molecule has 0 aromatic heterocycles. The van der Waals surface area contributed by atoms with Crippen LogP contribution in [0.2, 0.25) is 0 Å². The molecule has 6 nitrogen and oxygen atoms in total. The molecule has 0 aromatic carbocycles. The molecular weight excluding hydrogens is 433 g/mol. The Morgan fingerprint density at radius 3 is 2.48 bits per heavy atom. The molecule has 3 rings (SSSR count). The Morgan fingerprint density at radius 2 is 1.92 bits per heavy atom. The van der Waals surface area contributed by atoms with Crippen molar-refractivity contribution in [1.82, 2.24) is 10.2 Å². The summed E-state index contributed by atoms with van der Waals surface area (Å²) in [7, 11) is 3.67. The Hall–Kier alpha value is -0.120. The third-order valence-electron chi connectivity index (χ3n) is 6.57. The zero-order chi connectivity index (χ0) is 17.4. The Kier molecular flexibility index (Phi) is 7.01. The molecule has 2 aliphatic heterocycles. The highest BCUT2D eigenvalue weighted by Gasteiger charge is 2.58. The van der Waals surface area contributed by atoms with Crippen molar-refractivity contribution in [2.75, 3.05) is 40.5 Å². The molecule has 4 atom stereocenters. The second-order valence-corrected chi connectivity index (χ2v) is 8.01. The van der Waals surface area contributed by atoms with Crippen LogP contribution in [0.3, 0.4) is 0 Å². The fraction of sp³-hybridized carbons (Fsp3) is 0.944. The van der Waals surface area contributed by atoms with Crippen LogP contribution in [0, 0.1) is 5.41 Å². The Balaban J connectivity index is 0.00000225. The van der Waals surface area contributed by atoms with Crippen LogP contribution in [0.15, 0.2) is 4.99 Å². The average Bonchev–Trinajstić information content (AvgIpc) is 3.13. The van der Waals surface area contributed by atoms with Crippen LogP contribution in [-0.2, 0) is 14.2 Å². The Labute approximate surface area is 169 Å². The highest BCUT2D eigenvalue weighted by Crippen LogP contribution is 2.51. The van der Waals surface area contributed by atoms with E-state index in [2.05, 4.69) is 36.0 Å². The molecule has 0 spiro atoms. The maximum absolute atomic E-state index is 5.95. The van der Waals surface area contributed by atoms with Gasteiger partial charge in [0.1, 0.15) is 6.10 Å². The molecule has 146 valence electrons. The standard InChI is InChI=1S/C18H33N3O3.HI/c1-17(2)15(11-18(17,3)22-5)20-16(19-4)21-8-10-24-14(12-21)13-7-6-9-23-13;/h13-15H,6-12H2,1-5H3,(H,19,20);1H. The predicted molar refractivity (Wildman–Crippen MR) is 110 cm³/mol. The topological polar surface area (TPSA) is 55.3 Å². The molecule has 3 fully saturated rings. The van der Waals surface area contributed by atoms with Crippen molar-refractivity contribution >= 4 is 29.9 Å². The molecule has 3 aliphatic rings. The van der Waals surface area contributed by atoms with Gasteiger partial charge in [-0.25, -0.2) is 0 Å². The number of hydrogen-bond donors (Lipinski definition) is 1. The van der Waals surface area contributed by atoms with E-state index in [9.17, 15) is 0 Å². The number of ether oxygens (including phenoxy) is 3. The van der Waals surface area contributed by atoms with Crippen LogP contribution in [0.1, 0.15) is 40.0 Å². The number of rotatable bonds is 3. The van der Waals surface area contributed by atoms with Crippen molar-refractivity contribution < 1.29 is 14.2 Å². The zero-order valence-corrected chi connectivity index (χ0v) is 18.5. The van der Waals surface area contributed by atoms with Crippen molar-refractivity contribution in [3.05, 3.63) is 0 Å². The first-order valence-electron chi connectivity index (χ1n) is 9.18. The van der Waals surface area contributed by atoms with Crippen LogP contribution in [-0.4, -0.2) is 75.2 Å². The lowest BCUT2D eigenvalue weighted by Crippen LogP contribution is -2.70. The first-order chi connectivity index (χ1) is 11.4. The number of nitrogens with zero attached hydrogens (tertiary/aromatic N) is 2. The number of halogens is 1. The van der Waals surface area contributed by atoms with E-state index in [1.807, 2.05) is 7.05 Å². The van der Waals surface area contributed by atoms with Gasteiger partial charge in [0.25, 0.3) is 0 Å². The monoisotopic (exact) mass is 467 g/mol. The molecular formula is C18H34IN3O3. The number of aliphatic imine (C=N–C) groups is 1. The van der Waals surface area contributed by atoms with Crippen molar-refractivity contribution in [2.45, 2.75) is 63.9 Å². The number of guanidine groups is 1. The average molecular weight is 467 g/mol. The van der Waals surface area contributed by atoms with Gasteiger partial charge in [-0.1, -0.05) is 13.8 Å². The maximum Gasteiger partial charge on any atom is 0.194 e. The van der Waals surface area contributed by atoms with Crippen molar-refractivity contribution in [3.8, 4) is 0 Å². The van der Waals surface area contributed by atoms with E-state index in [1.165, 1.54) is 0 Å². The maximum atomic E-state index is 5.95. The summed E-state index contributed by atoms with van der Waals surface area (Å²) in [5.41, 5.74) is -0.00725. The fourth-order valence-corrected chi connectivity index (χ4v) is 4.16. The summed E-state index contributed by atoms with van der Waals surface area (Å²) in [6.45, 7) is 10.0. The van der Waals surface area contributed by atoms with Crippen LogP contribution in [0.5, 0.6) is 0 Å². The van der Waals surface area contributed by atoms with Crippen LogP contribution < -0.4 is 5.32 Å². The van der Waals surface area contributed by atoms with Gasteiger partial charge in [-0.3, -0.25) is 4.99 Å². The lowest BCUT2D eigenvalue weighted by Gasteiger charge is -2.59. The van der Waals surface area contributed by atoms with Gasteiger partial charge >= 0.3 is 0 Å². The minimum Gasteiger partial charge on any atom is -0.378 e. The van der Waals surface area contributed by atoms with Crippen LogP contribution in [0.4, 0.5) is 0 Å². The molecule has 0 aromatic rings. The van der Waals surface area contributed by atoms with Gasteiger partial charge in [0.15, 0.2) is 5.96 Å². The third kappa shape index (κ3) is 3.94. The molecule has 1 N–H and O–H groups in total. The van der Waals surface area contributed by atoms with Crippen LogP contribution in [0.25, 0.3) is 0 Å². The van der Waals surface area contributed by atoms with E-state index >= 15 is 0 Å². The normalized spacial score (nSPS) is 38.0. The highest BCUT2D eigenvalue weighted by atomic mass is 127. The molecule has 0 amide bonds. The minimum absolute atomic E-state index is 0. The smallest absolute Gasteiger partial charge is 0.194 e. The predicted octanol–water partition coefficient (Wildman–Crippen LogP) is 2.26. The summed E-state index contributed by atoms with van der Waals surface area (Å²) in [6.07, 6.45) is 3.63. The van der Waals surface area contributed by atoms with Crippen molar-refractivity contribution in [1.29, 1.82) is 0 Å². The zero-order valence-electron chi connectivity index (χ0n) is 16.2. The fourth-order valence-electron chi connectivity index (χ4n) is 4.16. The van der Waals surface area contributed by atoms with E-state index in [-0.39, 0.29) is 47.2 Å². The van der Waals surface area contributed by atoms with Crippen molar-refractivity contribution in [3.63, 3.8) is 0 Å². The molecule has 7 heteroatoms. The summed E-state index contributed by atoms with van der Waals surface area (Å²) >= 11 is 0. The van der Waals surface area contributed by atoms with E-state index in [0.29, 0.717) is 6.04 Å². The third-order valence-corrected chi connectivity index (χ3v) is 6.57. The summed E-state index contributed by atoms with van der Waals surface area (Å²) in [5.74, 6) is 0.970. The molecule has 0 radical (unpaired) electrons. The number of nitrogens with one attached hydrogen (secondary N) is 1. The lowest BCUT2D eigenvalue weighted by molar-refractivity contribution is -0.177. The molecule has 0 bridgehead atoms. The van der Waals surface area contributed by atoms with Crippen molar-refractivity contribution in [2.24, 2.45) is 10.4 Å². The SMILES string of the molecule is CN=C(NC1CC(C)(OC)C1(C)C)N1CCOC(C2CCCO2)C1.I. The van der Waals surface area contributed by atoms with Gasteiger partial charge in [0, 0.05) is 45.3 Å². The minimum atomic E-state index is -0.0747. The molecule has 4 unspecified atom stereocenters. The number of morpholine rings is 1.